The number of oxime groups is 1. The molecular weight excluding hydrogens is 248 g/mol. The maximum absolute atomic E-state index is 9.13. The molecule has 1 aromatic rings. The van der Waals surface area contributed by atoms with Crippen LogP contribution in [-0.2, 0) is 4.74 Å². The Labute approximate surface area is 112 Å². The van der Waals surface area contributed by atoms with E-state index in [-0.39, 0.29) is 12.4 Å². The first-order valence-corrected chi connectivity index (χ1v) is 5.94. The van der Waals surface area contributed by atoms with Crippen molar-refractivity contribution in [3.8, 4) is 0 Å². The van der Waals surface area contributed by atoms with Crippen LogP contribution in [-0.4, -0.2) is 54.5 Å². The Kier molecular flexibility index (Phi) is 6.04. The summed E-state index contributed by atoms with van der Waals surface area (Å²) in [6, 6.07) is 1.78. The second kappa shape index (κ2) is 7.55. The zero-order valence-corrected chi connectivity index (χ0v) is 11.2. The zero-order chi connectivity index (χ0) is 14.3. The highest BCUT2D eigenvalue weighted by atomic mass is 16.5. The number of aryl methyl sites for hydroxylation is 1. The van der Waals surface area contributed by atoms with Crippen molar-refractivity contribution in [1.29, 1.82) is 0 Å². The van der Waals surface area contributed by atoms with E-state index in [0.29, 0.717) is 31.1 Å². The van der Waals surface area contributed by atoms with Gasteiger partial charge in [0.15, 0.2) is 5.84 Å². The minimum atomic E-state index is -0.0189. The molecule has 0 atom stereocenters. The van der Waals surface area contributed by atoms with Crippen LogP contribution in [0.25, 0.3) is 0 Å². The van der Waals surface area contributed by atoms with E-state index in [9.17, 15) is 0 Å². The number of nitrogens with two attached hydrogens (primary N) is 1. The quantitative estimate of drug-likeness (QED) is 0.277. The monoisotopic (exact) mass is 268 g/mol. The van der Waals surface area contributed by atoms with Gasteiger partial charge in [-0.15, -0.1) is 0 Å². The van der Waals surface area contributed by atoms with Crippen LogP contribution in [0.15, 0.2) is 17.4 Å². The predicted molar refractivity (Wildman–Crippen MR) is 72.7 cm³/mol. The molecule has 0 amide bonds. The number of amidine groups is 1. The maximum atomic E-state index is 9.13. The fourth-order valence-corrected chi connectivity index (χ4v) is 1.80. The normalized spacial score (nSPS) is 11.6. The van der Waals surface area contributed by atoms with Gasteiger partial charge < -0.3 is 25.7 Å². The van der Waals surface area contributed by atoms with Crippen LogP contribution in [0.1, 0.15) is 11.1 Å². The van der Waals surface area contributed by atoms with Crippen molar-refractivity contribution in [3.63, 3.8) is 0 Å². The molecule has 0 saturated carbocycles. The molecule has 0 fully saturated rings. The van der Waals surface area contributed by atoms with Crippen molar-refractivity contribution in [1.82, 2.24) is 4.98 Å². The highest BCUT2D eigenvalue weighted by molar-refractivity contribution is 6.02. The van der Waals surface area contributed by atoms with Crippen molar-refractivity contribution in [2.24, 2.45) is 10.9 Å². The lowest BCUT2D eigenvalue weighted by molar-refractivity contribution is 0.202. The Morgan fingerprint density at radius 2 is 2.26 bits per heavy atom. The number of ether oxygens (including phenoxy) is 1. The predicted octanol–water partition coefficient (Wildman–Crippen LogP) is -0.0704. The summed E-state index contributed by atoms with van der Waals surface area (Å²) in [5.41, 5.74) is 7.11. The molecular formula is C12H20N4O3. The zero-order valence-electron chi connectivity index (χ0n) is 11.2. The summed E-state index contributed by atoms with van der Waals surface area (Å²) in [4.78, 5) is 6.10. The smallest absolute Gasteiger partial charge is 0.174 e. The minimum absolute atomic E-state index is 0.000886. The molecule has 1 heterocycles. The first-order chi connectivity index (χ1) is 9.15. The van der Waals surface area contributed by atoms with Crippen molar-refractivity contribution in [3.05, 3.63) is 23.4 Å². The van der Waals surface area contributed by atoms with Gasteiger partial charge in [-0.3, -0.25) is 0 Å². The number of aliphatic hydroxyl groups is 1. The van der Waals surface area contributed by atoms with Crippen LogP contribution in [0.5, 0.6) is 0 Å². The van der Waals surface area contributed by atoms with E-state index in [1.165, 1.54) is 0 Å². The molecule has 1 rings (SSSR count). The number of rotatable bonds is 7. The van der Waals surface area contributed by atoms with Crippen molar-refractivity contribution in [2.45, 2.75) is 6.92 Å². The fourth-order valence-electron chi connectivity index (χ4n) is 1.80. The Hall–Kier alpha value is -1.86. The summed E-state index contributed by atoms with van der Waals surface area (Å²) in [6.45, 7) is 3.27. The third kappa shape index (κ3) is 3.80. The number of pyridine rings is 1. The van der Waals surface area contributed by atoms with E-state index in [2.05, 4.69) is 10.1 Å². The number of anilines is 1. The van der Waals surface area contributed by atoms with E-state index in [1.807, 2.05) is 11.8 Å². The van der Waals surface area contributed by atoms with Gasteiger partial charge in [0.05, 0.1) is 18.8 Å². The second-order valence-electron chi connectivity index (χ2n) is 4.02. The van der Waals surface area contributed by atoms with Gasteiger partial charge in [0.2, 0.25) is 0 Å². The third-order valence-corrected chi connectivity index (χ3v) is 2.74. The fraction of sp³-hybridized carbons (Fsp3) is 0.500. The lowest BCUT2D eigenvalue weighted by Gasteiger charge is -2.25. The SMILES string of the molecule is COCCN(CCO)c1nccc(C)c1/C(N)=N/O. The number of hydrogen-bond donors (Lipinski definition) is 3. The standard InChI is InChI=1S/C12H20N4O3/c1-9-3-4-14-12(10(9)11(13)15-18)16(5-7-17)6-8-19-2/h3-4,17-18H,5-8H2,1-2H3,(H2,13,15). The highest BCUT2D eigenvalue weighted by Gasteiger charge is 2.17. The van der Waals surface area contributed by atoms with Gasteiger partial charge in [-0.25, -0.2) is 4.98 Å². The van der Waals surface area contributed by atoms with Gasteiger partial charge in [0.25, 0.3) is 0 Å². The molecule has 7 heteroatoms. The lowest BCUT2D eigenvalue weighted by Crippen LogP contribution is -2.33. The average molecular weight is 268 g/mol. The summed E-state index contributed by atoms with van der Waals surface area (Å²) in [5.74, 6) is 0.572. The summed E-state index contributed by atoms with van der Waals surface area (Å²) >= 11 is 0. The summed E-state index contributed by atoms with van der Waals surface area (Å²) in [6.07, 6.45) is 1.65. The van der Waals surface area contributed by atoms with E-state index < -0.39 is 0 Å². The highest BCUT2D eigenvalue weighted by Crippen LogP contribution is 2.20. The van der Waals surface area contributed by atoms with E-state index in [1.54, 1.807) is 19.4 Å². The van der Waals surface area contributed by atoms with E-state index in [0.717, 1.165) is 5.56 Å². The van der Waals surface area contributed by atoms with Crippen LogP contribution in [0.2, 0.25) is 0 Å². The average Bonchev–Trinajstić information content (AvgIpc) is 2.42. The first kappa shape index (κ1) is 15.2. The number of aliphatic hydroxyl groups excluding tert-OH is 1. The van der Waals surface area contributed by atoms with Gasteiger partial charge in [-0.1, -0.05) is 5.16 Å². The molecule has 19 heavy (non-hydrogen) atoms. The van der Waals surface area contributed by atoms with Crippen molar-refractivity contribution >= 4 is 11.7 Å². The van der Waals surface area contributed by atoms with Gasteiger partial charge in [-0.2, -0.15) is 0 Å². The number of aromatic nitrogens is 1. The summed E-state index contributed by atoms with van der Waals surface area (Å²) in [5, 5.41) is 21.0. The largest absolute Gasteiger partial charge is 0.409 e. The molecule has 0 aliphatic heterocycles. The first-order valence-electron chi connectivity index (χ1n) is 5.94. The van der Waals surface area contributed by atoms with E-state index >= 15 is 0 Å². The molecule has 0 radical (unpaired) electrons. The Morgan fingerprint density at radius 3 is 2.84 bits per heavy atom. The van der Waals surface area contributed by atoms with Gasteiger partial charge in [0.1, 0.15) is 5.82 Å². The molecule has 4 N–H and O–H groups in total. The molecule has 0 unspecified atom stereocenters. The number of hydrogen-bond acceptors (Lipinski definition) is 6. The number of methoxy groups -OCH3 is 1. The van der Waals surface area contributed by atoms with Crippen LogP contribution in [0, 0.1) is 6.92 Å². The van der Waals surface area contributed by atoms with Crippen LogP contribution >= 0.6 is 0 Å². The molecule has 7 nitrogen and oxygen atoms in total. The third-order valence-electron chi connectivity index (χ3n) is 2.74. The molecule has 1 aromatic heterocycles. The van der Waals surface area contributed by atoms with Crippen LogP contribution in [0.3, 0.4) is 0 Å². The van der Waals surface area contributed by atoms with Gasteiger partial charge in [-0.05, 0) is 18.6 Å². The summed E-state index contributed by atoms with van der Waals surface area (Å²) < 4.78 is 5.04. The molecule has 0 bridgehead atoms. The second-order valence-corrected chi connectivity index (χ2v) is 4.02. The van der Waals surface area contributed by atoms with Crippen molar-refractivity contribution in [2.75, 3.05) is 38.3 Å². The Balaban J connectivity index is 3.17. The molecule has 106 valence electrons. The minimum Gasteiger partial charge on any atom is -0.409 e. The number of nitrogens with zero attached hydrogens (tertiary/aromatic N) is 3. The maximum Gasteiger partial charge on any atom is 0.174 e. The molecule has 0 aromatic carbocycles. The van der Waals surface area contributed by atoms with Gasteiger partial charge >= 0.3 is 0 Å². The van der Waals surface area contributed by atoms with E-state index in [4.69, 9.17) is 20.8 Å². The Morgan fingerprint density at radius 1 is 1.53 bits per heavy atom. The van der Waals surface area contributed by atoms with Crippen LogP contribution in [0.4, 0.5) is 5.82 Å². The van der Waals surface area contributed by atoms with Crippen molar-refractivity contribution < 1.29 is 15.1 Å². The molecule has 0 spiro atoms. The Bertz CT molecular complexity index is 437. The van der Waals surface area contributed by atoms with Crippen LogP contribution < -0.4 is 10.6 Å². The van der Waals surface area contributed by atoms with Gasteiger partial charge in [0, 0.05) is 26.4 Å². The molecule has 0 aliphatic carbocycles. The molecule has 0 aliphatic rings. The summed E-state index contributed by atoms with van der Waals surface area (Å²) in [7, 11) is 1.60. The molecule has 0 saturated heterocycles. The topological polar surface area (TPSA) is 104 Å². The lowest BCUT2D eigenvalue weighted by atomic mass is 10.1.